The number of likely N-dealkylation sites (tertiary alicyclic amines) is 1. The van der Waals surface area contributed by atoms with Crippen LogP contribution >= 0.6 is 15.9 Å². The lowest BCUT2D eigenvalue weighted by Gasteiger charge is -2.45. The Morgan fingerprint density at radius 1 is 1.59 bits per heavy atom. The Hall–Kier alpha value is -0.520. The van der Waals surface area contributed by atoms with Gasteiger partial charge in [-0.2, -0.15) is 0 Å². The van der Waals surface area contributed by atoms with Gasteiger partial charge in [0.1, 0.15) is 4.60 Å². The van der Waals surface area contributed by atoms with Gasteiger partial charge in [-0.05, 0) is 41.4 Å². The zero-order valence-electron chi connectivity index (χ0n) is 9.95. The van der Waals surface area contributed by atoms with Crippen molar-refractivity contribution in [2.24, 2.45) is 5.92 Å². The highest BCUT2D eigenvalue weighted by Gasteiger charge is 2.37. The summed E-state index contributed by atoms with van der Waals surface area (Å²) in [5.74, 6) is -0.0298. The molecule has 94 valence electrons. The maximum absolute atomic E-state index is 13.2. The molecule has 1 aliphatic heterocycles. The van der Waals surface area contributed by atoms with Crippen LogP contribution in [0.1, 0.15) is 19.4 Å². The van der Waals surface area contributed by atoms with Gasteiger partial charge in [0.05, 0.1) is 5.60 Å². The van der Waals surface area contributed by atoms with E-state index in [1.165, 1.54) is 6.07 Å². The quantitative estimate of drug-likeness (QED) is 0.870. The summed E-state index contributed by atoms with van der Waals surface area (Å²) in [4.78, 5) is 6.10. The largest absolute Gasteiger partial charge is 0.390 e. The topological polar surface area (TPSA) is 36.4 Å². The molecule has 0 bridgehead atoms. The van der Waals surface area contributed by atoms with E-state index >= 15 is 0 Å². The van der Waals surface area contributed by atoms with Crippen molar-refractivity contribution < 1.29 is 9.50 Å². The Kier molecular flexibility index (Phi) is 3.52. The number of aliphatic hydroxyl groups is 1. The molecule has 1 fully saturated rings. The summed E-state index contributed by atoms with van der Waals surface area (Å²) in [5, 5.41) is 9.80. The molecular formula is C12H16BrFN2O. The van der Waals surface area contributed by atoms with E-state index in [1.54, 1.807) is 6.20 Å². The molecule has 1 aromatic rings. The molecule has 0 amide bonds. The highest BCUT2D eigenvalue weighted by Crippen LogP contribution is 2.28. The molecule has 0 unspecified atom stereocenters. The second-order valence-electron chi connectivity index (χ2n) is 5.16. The predicted octanol–water partition coefficient (Wildman–Crippen LogP) is 2.19. The number of halogens is 2. The Bertz CT molecular complexity index is 413. The van der Waals surface area contributed by atoms with Crippen LogP contribution in [-0.4, -0.2) is 33.7 Å². The van der Waals surface area contributed by atoms with Gasteiger partial charge in [-0.3, -0.25) is 4.90 Å². The van der Waals surface area contributed by atoms with Crippen molar-refractivity contribution in [3.8, 4) is 0 Å². The molecule has 1 aromatic heterocycles. The zero-order valence-corrected chi connectivity index (χ0v) is 11.5. The van der Waals surface area contributed by atoms with Crippen LogP contribution in [0.3, 0.4) is 0 Å². The number of aromatic nitrogens is 1. The molecule has 1 N–H and O–H groups in total. The first kappa shape index (κ1) is 12.9. The average molecular weight is 303 g/mol. The van der Waals surface area contributed by atoms with E-state index < -0.39 is 5.60 Å². The fourth-order valence-corrected chi connectivity index (χ4v) is 2.17. The second-order valence-corrected chi connectivity index (χ2v) is 5.91. The second kappa shape index (κ2) is 4.63. The molecule has 0 aromatic carbocycles. The molecule has 0 atom stereocenters. The molecule has 1 aliphatic rings. The first-order valence-electron chi connectivity index (χ1n) is 5.61. The summed E-state index contributed by atoms with van der Waals surface area (Å²) < 4.78 is 13.5. The monoisotopic (exact) mass is 302 g/mol. The smallest absolute Gasteiger partial charge is 0.156 e. The summed E-state index contributed by atoms with van der Waals surface area (Å²) in [6.45, 7) is 6.04. The van der Waals surface area contributed by atoms with Crippen LogP contribution in [0.15, 0.2) is 16.9 Å². The standard InChI is InChI=1S/C12H16BrFN2O/c1-12(2,17)9-6-16(7-9)5-8-3-10(14)11(13)15-4-8/h3-4,9,17H,5-7H2,1-2H3. The van der Waals surface area contributed by atoms with Gasteiger partial charge >= 0.3 is 0 Å². The van der Waals surface area contributed by atoms with Crippen LogP contribution in [0, 0.1) is 11.7 Å². The molecule has 2 rings (SSSR count). The van der Waals surface area contributed by atoms with E-state index in [2.05, 4.69) is 25.8 Å². The first-order valence-corrected chi connectivity index (χ1v) is 6.40. The Morgan fingerprint density at radius 3 is 2.76 bits per heavy atom. The van der Waals surface area contributed by atoms with E-state index in [-0.39, 0.29) is 10.4 Å². The van der Waals surface area contributed by atoms with E-state index in [4.69, 9.17) is 0 Å². The van der Waals surface area contributed by atoms with Crippen LogP contribution in [0.4, 0.5) is 4.39 Å². The molecule has 0 spiro atoms. The van der Waals surface area contributed by atoms with Crippen LogP contribution in [0.2, 0.25) is 0 Å². The van der Waals surface area contributed by atoms with Gasteiger partial charge in [0, 0.05) is 31.7 Å². The fourth-order valence-electron chi connectivity index (χ4n) is 1.95. The molecule has 5 heteroatoms. The Morgan fingerprint density at radius 2 is 2.24 bits per heavy atom. The van der Waals surface area contributed by atoms with Crippen LogP contribution in [0.5, 0.6) is 0 Å². The van der Waals surface area contributed by atoms with Crippen LogP contribution in [-0.2, 0) is 6.54 Å². The first-order chi connectivity index (χ1) is 7.86. The van der Waals surface area contributed by atoms with Crippen molar-refractivity contribution in [3.05, 3.63) is 28.2 Å². The normalized spacial score (nSPS) is 18.2. The van der Waals surface area contributed by atoms with Crippen molar-refractivity contribution in [1.82, 2.24) is 9.88 Å². The van der Waals surface area contributed by atoms with Gasteiger partial charge in [-0.1, -0.05) is 0 Å². The van der Waals surface area contributed by atoms with Crippen molar-refractivity contribution in [3.63, 3.8) is 0 Å². The summed E-state index contributed by atoms with van der Waals surface area (Å²) >= 11 is 3.03. The predicted molar refractivity (Wildman–Crippen MR) is 67.0 cm³/mol. The van der Waals surface area contributed by atoms with E-state index in [0.717, 1.165) is 18.7 Å². The zero-order chi connectivity index (χ0) is 12.6. The van der Waals surface area contributed by atoms with Gasteiger partial charge in [-0.25, -0.2) is 9.37 Å². The summed E-state index contributed by atoms with van der Waals surface area (Å²) in [5.41, 5.74) is 0.236. The molecule has 0 aliphatic carbocycles. The molecule has 2 heterocycles. The molecule has 1 saturated heterocycles. The molecule has 3 nitrogen and oxygen atoms in total. The number of rotatable bonds is 3. The third-order valence-electron chi connectivity index (χ3n) is 3.22. The third kappa shape index (κ3) is 3.03. The fraction of sp³-hybridized carbons (Fsp3) is 0.583. The number of hydrogen-bond acceptors (Lipinski definition) is 3. The minimum Gasteiger partial charge on any atom is -0.390 e. The lowest BCUT2D eigenvalue weighted by Crippen LogP contribution is -2.55. The van der Waals surface area contributed by atoms with E-state index in [1.807, 2.05) is 13.8 Å². The lowest BCUT2D eigenvalue weighted by molar-refractivity contribution is -0.0648. The van der Waals surface area contributed by atoms with Gasteiger partial charge in [0.25, 0.3) is 0 Å². The van der Waals surface area contributed by atoms with E-state index in [0.29, 0.717) is 12.5 Å². The van der Waals surface area contributed by atoms with E-state index in [9.17, 15) is 9.50 Å². The molecule has 0 radical (unpaired) electrons. The average Bonchev–Trinajstić information content (AvgIpc) is 2.14. The number of nitrogens with zero attached hydrogens (tertiary/aromatic N) is 2. The SMILES string of the molecule is CC(C)(O)C1CN(Cc2cnc(Br)c(F)c2)C1. The summed E-state index contributed by atoms with van der Waals surface area (Å²) in [6.07, 6.45) is 1.67. The van der Waals surface area contributed by atoms with Crippen molar-refractivity contribution in [2.75, 3.05) is 13.1 Å². The minimum atomic E-state index is -0.625. The Balaban J connectivity index is 1.90. The highest BCUT2D eigenvalue weighted by atomic mass is 79.9. The van der Waals surface area contributed by atoms with Crippen molar-refractivity contribution >= 4 is 15.9 Å². The minimum absolute atomic E-state index is 0.249. The maximum atomic E-state index is 13.2. The van der Waals surface area contributed by atoms with Gasteiger partial charge < -0.3 is 5.11 Å². The summed E-state index contributed by atoms with van der Waals surface area (Å²) in [7, 11) is 0. The van der Waals surface area contributed by atoms with Gasteiger partial charge in [0.2, 0.25) is 0 Å². The maximum Gasteiger partial charge on any atom is 0.156 e. The molecule has 17 heavy (non-hydrogen) atoms. The van der Waals surface area contributed by atoms with Crippen molar-refractivity contribution in [2.45, 2.75) is 26.0 Å². The van der Waals surface area contributed by atoms with Gasteiger partial charge in [-0.15, -0.1) is 0 Å². The molecular weight excluding hydrogens is 287 g/mol. The molecule has 0 saturated carbocycles. The van der Waals surface area contributed by atoms with Crippen molar-refractivity contribution in [1.29, 1.82) is 0 Å². The van der Waals surface area contributed by atoms with Crippen LogP contribution < -0.4 is 0 Å². The highest BCUT2D eigenvalue weighted by molar-refractivity contribution is 9.10. The van der Waals surface area contributed by atoms with Gasteiger partial charge in [0.15, 0.2) is 5.82 Å². The number of pyridine rings is 1. The third-order valence-corrected chi connectivity index (χ3v) is 3.80. The summed E-state index contributed by atoms with van der Waals surface area (Å²) in [6, 6.07) is 1.49. The Labute approximate surface area is 109 Å². The lowest BCUT2D eigenvalue weighted by atomic mass is 9.84. The van der Waals surface area contributed by atoms with Crippen LogP contribution in [0.25, 0.3) is 0 Å². The number of hydrogen-bond donors (Lipinski definition) is 1.